The zero-order valence-electron chi connectivity index (χ0n) is 20.0. The fourth-order valence-electron chi connectivity index (χ4n) is 3.55. The lowest BCUT2D eigenvalue weighted by molar-refractivity contribution is 0.0688. The van der Waals surface area contributed by atoms with Crippen molar-refractivity contribution in [2.24, 2.45) is 0 Å². The van der Waals surface area contributed by atoms with Gasteiger partial charge < -0.3 is 9.84 Å². The van der Waals surface area contributed by atoms with E-state index in [2.05, 4.69) is 30.9 Å². The average molecular weight is 574 g/mol. The maximum atomic E-state index is 13.3. The average Bonchev–Trinajstić information content (AvgIpc) is 2.82. The van der Waals surface area contributed by atoms with Crippen LogP contribution in [0.3, 0.4) is 0 Å². The lowest BCUT2D eigenvalue weighted by Gasteiger charge is -2.18. The fraction of sp³-hybridized carbons (Fsp3) is 0.231. The summed E-state index contributed by atoms with van der Waals surface area (Å²) >= 11 is 9.82. The van der Waals surface area contributed by atoms with Crippen LogP contribution in [0.5, 0.6) is 5.88 Å². The van der Waals surface area contributed by atoms with Gasteiger partial charge in [0.1, 0.15) is 28.3 Å². The summed E-state index contributed by atoms with van der Waals surface area (Å²) in [5, 5.41) is 10.7. The van der Waals surface area contributed by atoms with E-state index in [9.17, 15) is 14.3 Å². The number of nitrogens with zero attached hydrogens (tertiary/aromatic N) is 4. The Morgan fingerprint density at radius 1 is 1.14 bits per heavy atom. The molecule has 0 amide bonds. The summed E-state index contributed by atoms with van der Waals surface area (Å²) in [6.07, 6.45) is 1.65. The molecule has 0 aliphatic rings. The summed E-state index contributed by atoms with van der Waals surface area (Å²) in [7, 11) is 0. The molecular formula is C26H23BrClFN4O3. The number of rotatable bonds is 6. The van der Waals surface area contributed by atoms with Gasteiger partial charge in [0.25, 0.3) is 5.56 Å². The summed E-state index contributed by atoms with van der Waals surface area (Å²) in [4.78, 5) is 26.6. The molecule has 4 aromatic rings. The zero-order chi connectivity index (χ0) is 26.2. The van der Waals surface area contributed by atoms with Crippen LogP contribution in [0.25, 0.3) is 16.9 Å². The molecule has 2 aromatic carbocycles. The van der Waals surface area contributed by atoms with Crippen molar-refractivity contribution in [1.29, 1.82) is 0 Å². The molecule has 2 heterocycles. The highest BCUT2D eigenvalue weighted by molar-refractivity contribution is 9.10. The molecule has 10 heteroatoms. The molecule has 2 aromatic heterocycles. The third-order valence-electron chi connectivity index (χ3n) is 5.43. The van der Waals surface area contributed by atoms with Crippen LogP contribution < -0.4 is 10.3 Å². The van der Waals surface area contributed by atoms with Crippen molar-refractivity contribution in [2.75, 3.05) is 0 Å². The van der Waals surface area contributed by atoms with Crippen LogP contribution in [0.1, 0.15) is 36.6 Å². The summed E-state index contributed by atoms with van der Waals surface area (Å²) in [5.41, 5.74) is 1.61. The van der Waals surface area contributed by atoms with Crippen LogP contribution in [-0.4, -0.2) is 24.6 Å². The second kappa shape index (κ2) is 10.1. The molecular weight excluding hydrogens is 551 g/mol. The third kappa shape index (κ3) is 5.33. The molecule has 0 saturated heterocycles. The minimum absolute atomic E-state index is 0.113. The molecule has 36 heavy (non-hydrogen) atoms. The maximum Gasteiger partial charge on any atom is 0.276 e. The number of benzene rings is 2. The first-order chi connectivity index (χ1) is 17.0. The van der Waals surface area contributed by atoms with Crippen molar-refractivity contribution in [3.05, 3.63) is 97.1 Å². The lowest BCUT2D eigenvalue weighted by Crippen LogP contribution is -2.24. The summed E-state index contributed by atoms with van der Waals surface area (Å²) in [6, 6.07) is 11.1. The Morgan fingerprint density at radius 2 is 1.83 bits per heavy atom. The molecule has 0 fully saturated rings. The lowest BCUT2D eigenvalue weighted by atomic mass is 10.0. The molecule has 0 aliphatic heterocycles. The predicted octanol–water partition coefficient (Wildman–Crippen LogP) is 5.67. The Hall–Kier alpha value is -3.14. The fourth-order valence-corrected chi connectivity index (χ4v) is 4.14. The number of halogens is 3. The van der Waals surface area contributed by atoms with Gasteiger partial charge in [0.2, 0.25) is 5.88 Å². The predicted molar refractivity (Wildman–Crippen MR) is 139 cm³/mol. The van der Waals surface area contributed by atoms with Crippen molar-refractivity contribution in [3.63, 3.8) is 0 Å². The standard InChI is InChI=1S/C26H23BrClFN4O3/c1-14-12-30-25(26(3,4)35)32-22(14)17-7-10-19(28)20(11-17)33-15(2)31-23(21(27)24(33)34)36-13-16-5-8-18(29)9-6-16/h5-12,35H,13H2,1-4H3. The van der Waals surface area contributed by atoms with Gasteiger partial charge >= 0.3 is 0 Å². The van der Waals surface area contributed by atoms with E-state index in [1.165, 1.54) is 16.7 Å². The van der Waals surface area contributed by atoms with Gasteiger partial charge in [0, 0.05) is 11.8 Å². The van der Waals surface area contributed by atoms with Crippen LogP contribution >= 0.6 is 27.5 Å². The molecule has 1 N–H and O–H groups in total. The van der Waals surface area contributed by atoms with Gasteiger partial charge in [-0.1, -0.05) is 29.8 Å². The van der Waals surface area contributed by atoms with E-state index in [0.717, 1.165) is 11.1 Å². The van der Waals surface area contributed by atoms with Crippen LogP contribution in [0, 0.1) is 19.7 Å². The van der Waals surface area contributed by atoms with Gasteiger partial charge in [-0.05, 0) is 79.0 Å². The summed E-state index contributed by atoms with van der Waals surface area (Å²) in [6.45, 7) is 6.87. The number of aromatic nitrogens is 4. The molecule has 4 rings (SSSR count). The Balaban J connectivity index is 1.75. The molecule has 7 nitrogen and oxygen atoms in total. The molecule has 0 aliphatic carbocycles. The number of hydrogen-bond donors (Lipinski definition) is 1. The molecule has 0 radical (unpaired) electrons. The van der Waals surface area contributed by atoms with E-state index < -0.39 is 11.2 Å². The van der Waals surface area contributed by atoms with E-state index in [1.54, 1.807) is 57.3 Å². The highest BCUT2D eigenvalue weighted by Gasteiger charge is 2.22. The van der Waals surface area contributed by atoms with Crippen molar-refractivity contribution in [1.82, 2.24) is 19.5 Å². The smallest absolute Gasteiger partial charge is 0.276 e. The van der Waals surface area contributed by atoms with Crippen molar-refractivity contribution >= 4 is 27.5 Å². The Bertz CT molecular complexity index is 1500. The molecule has 0 unspecified atom stereocenters. The van der Waals surface area contributed by atoms with E-state index in [-0.39, 0.29) is 28.6 Å². The minimum atomic E-state index is -1.22. The van der Waals surface area contributed by atoms with Gasteiger partial charge in [0.15, 0.2) is 5.82 Å². The first-order valence-electron chi connectivity index (χ1n) is 11.0. The second-order valence-corrected chi connectivity index (χ2v) is 9.98. The second-order valence-electron chi connectivity index (χ2n) is 8.78. The molecule has 0 atom stereocenters. The van der Waals surface area contributed by atoms with Crippen LogP contribution in [0.2, 0.25) is 5.02 Å². The van der Waals surface area contributed by atoms with Crippen molar-refractivity contribution in [2.45, 2.75) is 39.9 Å². The quantitative estimate of drug-likeness (QED) is 0.320. The third-order valence-corrected chi connectivity index (χ3v) is 6.43. The van der Waals surface area contributed by atoms with E-state index in [1.807, 2.05) is 6.92 Å². The van der Waals surface area contributed by atoms with Crippen molar-refractivity contribution < 1.29 is 14.2 Å². The Labute approximate surface area is 220 Å². The van der Waals surface area contributed by atoms with Gasteiger partial charge in [-0.25, -0.2) is 14.4 Å². The van der Waals surface area contributed by atoms with Gasteiger partial charge in [-0.15, -0.1) is 0 Å². The topological polar surface area (TPSA) is 90.1 Å². The number of ether oxygens (including phenoxy) is 1. The molecule has 0 spiro atoms. The number of aliphatic hydroxyl groups is 1. The molecule has 0 saturated carbocycles. The molecule has 0 bridgehead atoms. The zero-order valence-corrected chi connectivity index (χ0v) is 22.4. The Kier molecular flexibility index (Phi) is 7.26. The largest absolute Gasteiger partial charge is 0.472 e. The summed E-state index contributed by atoms with van der Waals surface area (Å²) in [5.74, 6) is 0.406. The van der Waals surface area contributed by atoms with Gasteiger partial charge in [-0.2, -0.15) is 4.98 Å². The first-order valence-corrected chi connectivity index (χ1v) is 12.2. The van der Waals surface area contributed by atoms with Gasteiger partial charge in [0.05, 0.1) is 16.4 Å². The van der Waals surface area contributed by atoms with Crippen LogP contribution in [0.4, 0.5) is 4.39 Å². The van der Waals surface area contributed by atoms with E-state index in [4.69, 9.17) is 16.3 Å². The van der Waals surface area contributed by atoms with Crippen LogP contribution in [-0.2, 0) is 12.2 Å². The number of hydrogen-bond acceptors (Lipinski definition) is 6. The SMILES string of the molecule is Cc1cnc(C(C)(C)O)nc1-c1ccc(Cl)c(-n2c(C)nc(OCc3ccc(F)cc3)c(Br)c2=O)c1. The highest BCUT2D eigenvalue weighted by Crippen LogP contribution is 2.31. The summed E-state index contributed by atoms with van der Waals surface area (Å²) < 4.78 is 20.4. The monoisotopic (exact) mass is 572 g/mol. The van der Waals surface area contributed by atoms with Gasteiger partial charge in [-0.3, -0.25) is 9.36 Å². The van der Waals surface area contributed by atoms with Crippen LogP contribution in [0.15, 0.2) is 57.9 Å². The van der Waals surface area contributed by atoms with E-state index >= 15 is 0 Å². The number of aryl methyl sites for hydroxylation is 2. The minimum Gasteiger partial charge on any atom is -0.472 e. The Morgan fingerprint density at radius 3 is 2.50 bits per heavy atom. The normalized spacial score (nSPS) is 11.6. The maximum absolute atomic E-state index is 13.3. The van der Waals surface area contributed by atoms with E-state index in [0.29, 0.717) is 27.8 Å². The molecule has 186 valence electrons. The van der Waals surface area contributed by atoms with Crippen molar-refractivity contribution in [3.8, 4) is 22.8 Å². The highest BCUT2D eigenvalue weighted by atomic mass is 79.9. The first kappa shape index (κ1) is 25.9.